The highest BCUT2D eigenvalue weighted by Crippen LogP contribution is 2.53. The predicted molar refractivity (Wildman–Crippen MR) is 116 cm³/mol. The van der Waals surface area contributed by atoms with E-state index in [0.29, 0.717) is 38.9 Å². The minimum Gasteiger partial charge on any atom is -0.465 e. The van der Waals surface area contributed by atoms with E-state index in [1.807, 2.05) is 24.3 Å². The summed E-state index contributed by atoms with van der Waals surface area (Å²) in [4.78, 5) is 43.8. The van der Waals surface area contributed by atoms with Gasteiger partial charge in [-0.15, -0.1) is 0 Å². The summed E-state index contributed by atoms with van der Waals surface area (Å²) in [5, 5.41) is 9.22. The van der Waals surface area contributed by atoms with Crippen molar-refractivity contribution >= 4 is 17.8 Å². The maximum atomic E-state index is 13.8. The van der Waals surface area contributed by atoms with Gasteiger partial charge in [0, 0.05) is 26.2 Å². The predicted octanol–water partition coefficient (Wildman–Crippen LogP) is 1.43. The van der Waals surface area contributed by atoms with Crippen LogP contribution in [-0.2, 0) is 23.9 Å². The summed E-state index contributed by atoms with van der Waals surface area (Å²) in [7, 11) is 0. The number of cyclic esters (lactones) is 1. The Balaban J connectivity index is 1.71. The van der Waals surface area contributed by atoms with Gasteiger partial charge in [0.25, 0.3) is 0 Å². The zero-order valence-electron chi connectivity index (χ0n) is 18.8. The standard InChI is InChI=1S/C24H34N2O6/c1-2-3-5-12-25-13-9-11-24-19(18-17(32-24)10-4-8-16-31-23(18)30)21(28)26(14-6-7-15-27)20(24)22(25)29/h4,9-11,17-20,27H,2-3,5-8,12-16H2,1H3/t17-,18+,19-,20?,24-/m0/s1. The molecule has 0 radical (unpaired) electrons. The molecule has 4 aliphatic rings. The van der Waals surface area contributed by atoms with Gasteiger partial charge in [-0.25, -0.2) is 0 Å². The van der Waals surface area contributed by atoms with Crippen LogP contribution in [0.25, 0.3) is 0 Å². The molecule has 5 atom stereocenters. The van der Waals surface area contributed by atoms with Crippen molar-refractivity contribution in [3.63, 3.8) is 0 Å². The Morgan fingerprint density at radius 2 is 1.91 bits per heavy atom. The lowest BCUT2D eigenvalue weighted by Crippen LogP contribution is -2.55. The Morgan fingerprint density at radius 1 is 1.09 bits per heavy atom. The third-order valence-corrected chi connectivity index (χ3v) is 7.04. The summed E-state index contributed by atoms with van der Waals surface area (Å²) < 4.78 is 11.9. The number of hydrogen-bond donors (Lipinski definition) is 1. The highest BCUT2D eigenvalue weighted by molar-refractivity contribution is 5.99. The van der Waals surface area contributed by atoms with Crippen molar-refractivity contribution in [1.29, 1.82) is 0 Å². The van der Waals surface area contributed by atoms with Crippen molar-refractivity contribution in [2.75, 3.05) is 32.8 Å². The highest BCUT2D eigenvalue weighted by Gasteiger charge is 2.71. The maximum absolute atomic E-state index is 13.8. The Hall–Kier alpha value is -2.19. The van der Waals surface area contributed by atoms with Crippen LogP contribution in [0.2, 0.25) is 0 Å². The lowest BCUT2D eigenvalue weighted by Gasteiger charge is -2.35. The van der Waals surface area contributed by atoms with E-state index in [1.54, 1.807) is 9.80 Å². The normalized spacial score (nSPS) is 34.0. The molecule has 0 aromatic rings. The lowest BCUT2D eigenvalue weighted by molar-refractivity contribution is -0.155. The van der Waals surface area contributed by atoms with E-state index in [1.165, 1.54) is 0 Å². The zero-order valence-corrected chi connectivity index (χ0v) is 18.8. The van der Waals surface area contributed by atoms with Crippen molar-refractivity contribution < 1.29 is 29.0 Å². The van der Waals surface area contributed by atoms with Crippen LogP contribution in [0.3, 0.4) is 0 Å². The van der Waals surface area contributed by atoms with E-state index >= 15 is 0 Å². The average Bonchev–Trinajstić information content (AvgIpc) is 3.14. The van der Waals surface area contributed by atoms with Crippen LogP contribution in [0.1, 0.15) is 45.4 Å². The van der Waals surface area contributed by atoms with Crippen LogP contribution < -0.4 is 0 Å². The number of aliphatic hydroxyl groups excluding tert-OH is 1. The molecule has 2 amide bonds. The van der Waals surface area contributed by atoms with E-state index in [9.17, 15) is 19.5 Å². The van der Waals surface area contributed by atoms with Crippen molar-refractivity contribution in [2.45, 2.75) is 63.2 Å². The van der Waals surface area contributed by atoms with Crippen molar-refractivity contribution in [3.05, 3.63) is 24.3 Å². The number of amides is 2. The lowest BCUT2D eigenvalue weighted by atomic mass is 9.77. The number of fused-ring (bicyclic) bond motifs is 2. The minimum absolute atomic E-state index is 0.0244. The first-order chi connectivity index (χ1) is 15.5. The van der Waals surface area contributed by atoms with E-state index in [2.05, 4.69) is 6.92 Å². The molecule has 0 aliphatic carbocycles. The van der Waals surface area contributed by atoms with Crippen molar-refractivity contribution in [1.82, 2.24) is 9.80 Å². The summed E-state index contributed by atoms with van der Waals surface area (Å²) in [6.45, 7) is 3.85. The van der Waals surface area contributed by atoms with Crippen LogP contribution in [0.5, 0.6) is 0 Å². The minimum atomic E-state index is -1.18. The third-order valence-electron chi connectivity index (χ3n) is 7.04. The maximum Gasteiger partial charge on any atom is 0.312 e. The van der Waals surface area contributed by atoms with Gasteiger partial charge in [-0.3, -0.25) is 14.4 Å². The van der Waals surface area contributed by atoms with Crippen LogP contribution in [0, 0.1) is 11.8 Å². The summed E-state index contributed by atoms with van der Waals surface area (Å²) in [5.41, 5.74) is -1.18. The van der Waals surface area contributed by atoms with Gasteiger partial charge in [0.05, 0.1) is 18.6 Å². The molecule has 4 rings (SSSR count). The monoisotopic (exact) mass is 446 g/mol. The SMILES string of the molecule is CCCCCN1CC=C[C@]23O[C@H]4C=CCCOC(=O)[C@H]4[C@H]2C(=O)N(CCCCO)C3C1=O. The van der Waals surface area contributed by atoms with Gasteiger partial charge in [0.2, 0.25) is 11.8 Å². The van der Waals surface area contributed by atoms with E-state index in [0.717, 1.165) is 19.3 Å². The molecule has 1 N–H and O–H groups in total. The topological polar surface area (TPSA) is 96.4 Å². The molecular weight excluding hydrogens is 412 g/mol. The number of hydrogen-bond acceptors (Lipinski definition) is 6. The smallest absolute Gasteiger partial charge is 0.312 e. The fourth-order valence-corrected chi connectivity index (χ4v) is 5.54. The number of unbranched alkanes of at least 4 members (excludes halogenated alkanes) is 3. The summed E-state index contributed by atoms with van der Waals surface area (Å²) >= 11 is 0. The molecule has 32 heavy (non-hydrogen) atoms. The Labute approximate surface area is 189 Å². The second-order valence-electron chi connectivity index (χ2n) is 9.08. The molecule has 4 aliphatic heterocycles. The molecule has 8 nitrogen and oxygen atoms in total. The number of ether oxygens (including phenoxy) is 2. The van der Waals surface area contributed by atoms with Gasteiger partial charge in [-0.2, -0.15) is 0 Å². The summed E-state index contributed by atoms with van der Waals surface area (Å²) in [5.74, 6) is -2.36. The van der Waals surface area contributed by atoms with Gasteiger partial charge in [-0.1, -0.05) is 44.1 Å². The number of rotatable bonds is 8. The van der Waals surface area contributed by atoms with Crippen LogP contribution in [-0.4, -0.2) is 83.3 Å². The quantitative estimate of drug-likeness (QED) is 0.344. The van der Waals surface area contributed by atoms with E-state index in [-0.39, 0.29) is 25.0 Å². The number of likely N-dealkylation sites (tertiary alicyclic amines) is 1. The van der Waals surface area contributed by atoms with Crippen LogP contribution in [0.4, 0.5) is 0 Å². The van der Waals surface area contributed by atoms with Gasteiger partial charge in [0.15, 0.2) is 0 Å². The second-order valence-corrected chi connectivity index (χ2v) is 9.08. The fourth-order valence-electron chi connectivity index (χ4n) is 5.54. The number of carbonyl (C=O) groups excluding carboxylic acids is 3. The molecule has 1 unspecified atom stereocenters. The molecule has 0 aromatic carbocycles. The number of carbonyl (C=O) groups is 3. The molecule has 8 heteroatoms. The number of aliphatic hydroxyl groups is 1. The number of nitrogens with zero attached hydrogens (tertiary/aromatic N) is 2. The van der Waals surface area contributed by atoms with Gasteiger partial charge in [0.1, 0.15) is 17.6 Å². The first-order valence-corrected chi connectivity index (χ1v) is 11.9. The molecule has 4 heterocycles. The van der Waals surface area contributed by atoms with E-state index in [4.69, 9.17) is 9.47 Å². The summed E-state index contributed by atoms with van der Waals surface area (Å²) in [6.07, 6.45) is 11.6. The average molecular weight is 447 g/mol. The van der Waals surface area contributed by atoms with Crippen molar-refractivity contribution in [2.24, 2.45) is 11.8 Å². The molecule has 2 saturated heterocycles. The van der Waals surface area contributed by atoms with Crippen LogP contribution >= 0.6 is 0 Å². The second kappa shape index (κ2) is 9.75. The van der Waals surface area contributed by atoms with Gasteiger partial charge in [-0.05, 0) is 25.7 Å². The Morgan fingerprint density at radius 3 is 2.69 bits per heavy atom. The van der Waals surface area contributed by atoms with Gasteiger partial charge >= 0.3 is 5.97 Å². The first kappa shape index (κ1) is 23.0. The van der Waals surface area contributed by atoms with Crippen LogP contribution in [0.15, 0.2) is 24.3 Å². The van der Waals surface area contributed by atoms with Gasteiger partial charge < -0.3 is 24.4 Å². The largest absolute Gasteiger partial charge is 0.465 e. The van der Waals surface area contributed by atoms with Crippen molar-refractivity contribution in [3.8, 4) is 0 Å². The summed E-state index contributed by atoms with van der Waals surface area (Å²) in [6, 6.07) is -0.812. The molecule has 0 aromatic heterocycles. The Kier molecular flexibility index (Phi) is 7.00. The first-order valence-electron chi connectivity index (χ1n) is 11.9. The Bertz CT molecular complexity index is 795. The molecule has 0 saturated carbocycles. The third kappa shape index (κ3) is 3.88. The molecule has 2 fully saturated rings. The molecule has 176 valence electrons. The highest BCUT2D eigenvalue weighted by atomic mass is 16.6. The number of esters is 1. The molecule has 0 bridgehead atoms. The van der Waals surface area contributed by atoms with E-state index < -0.39 is 35.6 Å². The molecule has 1 spiro atoms. The zero-order chi connectivity index (χ0) is 22.7. The molecular formula is C24H34N2O6. The fraction of sp³-hybridized carbons (Fsp3) is 0.708.